The van der Waals surface area contributed by atoms with Crippen molar-refractivity contribution in [3.05, 3.63) is 65.2 Å². The number of carbonyl (C=O) groups is 2. The number of nitrogens with one attached hydrogen (secondary N) is 1. The zero-order chi connectivity index (χ0) is 27.3. The van der Waals surface area contributed by atoms with Crippen molar-refractivity contribution in [2.75, 3.05) is 56.5 Å². The van der Waals surface area contributed by atoms with Gasteiger partial charge in [-0.2, -0.15) is 4.99 Å². The summed E-state index contributed by atoms with van der Waals surface area (Å²) in [5.74, 6) is -0.117. The second kappa shape index (κ2) is 11.8. The lowest BCUT2D eigenvalue weighted by Gasteiger charge is -2.34. The lowest BCUT2D eigenvalue weighted by Crippen LogP contribution is -2.44. The Morgan fingerprint density at radius 1 is 1.00 bits per heavy atom. The number of amides is 2. The van der Waals surface area contributed by atoms with Crippen molar-refractivity contribution in [3.63, 3.8) is 0 Å². The Kier molecular flexibility index (Phi) is 8.52. The van der Waals surface area contributed by atoms with Gasteiger partial charge in [0.25, 0.3) is 5.91 Å². The van der Waals surface area contributed by atoms with Gasteiger partial charge in [0.15, 0.2) is 0 Å². The maximum Gasteiger partial charge on any atom is 0.435 e. The Morgan fingerprint density at radius 3 is 2.32 bits per heavy atom. The summed E-state index contributed by atoms with van der Waals surface area (Å²) in [6, 6.07) is 14.0. The van der Waals surface area contributed by atoms with Crippen LogP contribution >= 0.6 is 0 Å². The van der Waals surface area contributed by atoms with Gasteiger partial charge in [0, 0.05) is 56.2 Å². The van der Waals surface area contributed by atoms with Crippen LogP contribution in [0.2, 0.25) is 0 Å². The van der Waals surface area contributed by atoms with Gasteiger partial charge in [0.05, 0.1) is 6.34 Å². The Labute approximate surface area is 226 Å². The van der Waals surface area contributed by atoms with Gasteiger partial charge in [-0.25, -0.2) is 4.79 Å². The molecule has 8 nitrogen and oxygen atoms in total. The maximum atomic E-state index is 12.9. The number of likely N-dealkylation sites (N-methyl/N-ethyl adjacent to an activating group) is 1. The molecule has 8 heteroatoms. The Balaban J connectivity index is 1.32. The first-order valence-electron chi connectivity index (χ1n) is 13.2. The average Bonchev–Trinajstić information content (AvgIpc) is 2.88. The molecule has 2 heterocycles. The SMILES string of the molecule is Cc1cc(N2CCN(C)CC2)ccc1NC(=O)c1ccc(C2=CCN(C=NC(=O)OC(C)(C)C)CC2)cc1. The van der Waals surface area contributed by atoms with Crippen molar-refractivity contribution in [1.82, 2.24) is 9.80 Å². The summed E-state index contributed by atoms with van der Waals surface area (Å²) < 4.78 is 5.21. The van der Waals surface area contributed by atoms with Crippen LogP contribution in [0.3, 0.4) is 0 Å². The second-order valence-corrected chi connectivity index (χ2v) is 11.0. The Bertz CT molecular complexity index is 1210. The highest BCUT2D eigenvalue weighted by Crippen LogP contribution is 2.25. The van der Waals surface area contributed by atoms with Crippen LogP contribution in [-0.4, -0.2) is 80.1 Å². The number of rotatable bonds is 5. The molecule has 2 aliphatic heterocycles. The summed E-state index contributed by atoms with van der Waals surface area (Å²) in [5, 5.41) is 3.07. The summed E-state index contributed by atoms with van der Waals surface area (Å²) in [5.41, 5.74) is 5.47. The predicted octanol–water partition coefficient (Wildman–Crippen LogP) is 5.05. The van der Waals surface area contributed by atoms with Crippen molar-refractivity contribution < 1.29 is 14.3 Å². The monoisotopic (exact) mass is 517 g/mol. The van der Waals surface area contributed by atoms with E-state index in [0.29, 0.717) is 12.1 Å². The third-order valence-corrected chi connectivity index (χ3v) is 6.80. The highest BCUT2D eigenvalue weighted by atomic mass is 16.6. The minimum atomic E-state index is -0.581. The molecule has 0 aromatic heterocycles. The molecule has 0 aliphatic carbocycles. The van der Waals surface area contributed by atoms with E-state index in [1.165, 1.54) is 11.3 Å². The quantitative estimate of drug-likeness (QED) is 0.442. The van der Waals surface area contributed by atoms with Crippen LogP contribution in [0, 0.1) is 6.92 Å². The molecule has 0 bridgehead atoms. The third-order valence-electron chi connectivity index (χ3n) is 6.80. The zero-order valence-electron chi connectivity index (χ0n) is 23.2. The number of ether oxygens (including phenoxy) is 1. The minimum Gasteiger partial charge on any atom is -0.442 e. The number of benzene rings is 2. The molecule has 202 valence electrons. The maximum absolute atomic E-state index is 12.9. The molecule has 0 radical (unpaired) electrons. The first-order chi connectivity index (χ1) is 18.1. The number of aliphatic imine (C=N–C) groups is 1. The fourth-order valence-corrected chi connectivity index (χ4v) is 4.55. The molecule has 4 rings (SSSR count). The van der Waals surface area contributed by atoms with Gasteiger partial charge in [0.1, 0.15) is 5.60 Å². The van der Waals surface area contributed by atoms with Gasteiger partial charge in [-0.1, -0.05) is 18.2 Å². The van der Waals surface area contributed by atoms with Crippen molar-refractivity contribution >= 4 is 35.3 Å². The molecule has 2 amide bonds. The molecule has 2 aromatic carbocycles. The zero-order valence-corrected chi connectivity index (χ0v) is 23.2. The van der Waals surface area contributed by atoms with Crippen LogP contribution in [0.15, 0.2) is 53.5 Å². The first kappa shape index (κ1) is 27.4. The molecule has 0 saturated carbocycles. The van der Waals surface area contributed by atoms with E-state index < -0.39 is 11.7 Å². The lowest BCUT2D eigenvalue weighted by molar-refractivity contribution is 0.0603. The summed E-state index contributed by atoms with van der Waals surface area (Å²) in [7, 11) is 2.15. The number of piperazine rings is 1. The fraction of sp³-hybridized carbons (Fsp3) is 0.433. The van der Waals surface area contributed by atoms with Crippen LogP contribution < -0.4 is 10.2 Å². The van der Waals surface area contributed by atoms with E-state index in [1.807, 2.05) is 62.9 Å². The van der Waals surface area contributed by atoms with E-state index in [0.717, 1.165) is 56.0 Å². The standard InChI is InChI=1S/C30H39N5O3/c1-22-20-26(35-18-16-33(5)17-19-35)10-11-27(22)32-28(36)25-8-6-23(7-9-25)24-12-14-34(15-13-24)21-31-29(37)38-30(2,3)4/h6-12,20-21H,13-19H2,1-5H3,(H,32,36). The molecule has 2 aromatic rings. The second-order valence-electron chi connectivity index (χ2n) is 11.0. The van der Waals surface area contributed by atoms with E-state index in [-0.39, 0.29) is 5.91 Å². The topological polar surface area (TPSA) is 77.5 Å². The predicted molar refractivity (Wildman–Crippen MR) is 154 cm³/mol. The fourth-order valence-electron chi connectivity index (χ4n) is 4.55. The van der Waals surface area contributed by atoms with E-state index >= 15 is 0 Å². The van der Waals surface area contributed by atoms with Crippen molar-refractivity contribution in [1.29, 1.82) is 0 Å². The normalized spacial score (nSPS) is 16.9. The van der Waals surface area contributed by atoms with E-state index in [1.54, 1.807) is 6.34 Å². The molecule has 1 fully saturated rings. The summed E-state index contributed by atoms with van der Waals surface area (Å²) in [4.78, 5) is 35.3. The summed E-state index contributed by atoms with van der Waals surface area (Å²) in [6.45, 7) is 13.1. The number of nitrogens with zero attached hydrogens (tertiary/aromatic N) is 4. The largest absolute Gasteiger partial charge is 0.442 e. The Hall–Kier alpha value is -3.65. The van der Waals surface area contributed by atoms with Crippen molar-refractivity contribution in [2.45, 2.75) is 39.7 Å². The van der Waals surface area contributed by atoms with Crippen LogP contribution in [0.4, 0.5) is 16.2 Å². The van der Waals surface area contributed by atoms with Crippen LogP contribution in [0.5, 0.6) is 0 Å². The summed E-state index contributed by atoms with van der Waals surface area (Å²) >= 11 is 0. The van der Waals surface area contributed by atoms with Crippen molar-refractivity contribution in [3.8, 4) is 0 Å². The smallest absolute Gasteiger partial charge is 0.435 e. The molecule has 1 saturated heterocycles. The lowest BCUT2D eigenvalue weighted by atomic mass is 9.98. The molecular weight excluding hydrogens is 478 g/mol. The van der Waals surface area contributed by atoms with Gasteiger partial charge in [-0.15, -0.1) is 0 Å². The molecule has 0 spiro atoms. The molecule has 0 unspecified atom stereocenters. The van der Waals surface area contributed by atoms with Gasteiger partial charge < -0.3 is 24.8 Å². The molecule has 2 aliphatic rings. The van der Waals surface area contributed by atoms with Crippen LogP contribution in [-0.2, 0) is 4.74 Å². The highest BCUT2D eigenvalue weighted by molar-refractivity contribution is 6.05. The number of hydrogen-bond donors (Lipinski definition) is 1. The van der Waals surface area contributed by atoms with Crippen LogP contribution in [0.25, 0.3) is 5.57 Å². The van der Waals surface area contributed by atoms with Gasteiger partial charge in [0.2, 0.25) is 0 Å². The molecule has 38 heavy (non-hydrogen) atoms. The summed E-state index contributed by atoms with van der Waals surface area (Å²) in [6.07, 6.45) is 3.92. The number of hydrogen-bond acceptors (Lipinski definition) is 5. The number of aryl methyl sites for hydroxylation is 1. The van der Waals surface area contributed by atoms with E-state index in [4.69, 9.17) is 4.74 Å². The number of anilines is 2. The molecule has 1 N–H and O–H groups in total. The van der Waals surface area contributed by atoms with E-state index in [9.17, 15) is 9.59 Å². The van der Waals surface area contributed by atoms with Gasteiger partial charge >= 0.3 is 6.09 Å². The van der Waals surface area contributed by atoms with Crippen molar-refractivity contribution in [2.24, 2.45) is 4.99 Å². The number of carbonyl (C=O) groups excluding carboxylic acids is 2. The Morgan fingerprint density at radius 2 is 1.71 bits per heavy atom. The van der Waals surface area contributed by atoms with Gasteiger partial charge in [-0.3, -0.25) is 4.79 Å². The minimum absolute atomic E-state index is 0.117. The highest BCUT2D eigenvalue weighted by Gasteiger charge is 2.18. The third kappa shape index (κ3) is 7.44. The van der Waals surface area contributed by atoms with Gasteiger partial charge in [-0.05, 0) is 88.2 Å². The van der Waals surface area contributed by atoms with E-state index in [2.05, 4.69) is 45.4 Å². The molecular formula is C30H39N5O3. The first-order valence-corrected chi connectivity index (χ1v) is 13.2. The molecule has 0 atom stereocenters. The van der Waals surface area contributed by atoms with Crippen LogP contribution in [0.1, 0.15) is 48.7 Å². The average molecular weight is 518 g/mol.